The van der Waals surface area contributed by atoms with Crippen molar-refractivity contribution in [3.8, 4) is 0 Å². The Morgan fingerprint density at radius 1 is 1.29 bits per heavy atom. The molecule has 0 spiro atoms. The quantitative estimate of drug-likeness (QED) is 0.887. The molecular formula is C17H25N3O. The van der Waals surface area contributed by atoms with Crippen LogP contribution in [0.15, 0.2) is 18.2 Å². The van der Waals surface area contributed by atoms with E-state index in [1.54, 1.807) is 0 Å². The summed E-state index contributed by atoms with van der Waals surface area (Å²) in [4.78, 5) is 14.6. The normalized spacial score (nSPS) is 19.5. The Morgan fingerprint density at radius 3 is 2.86 bits per heavy atom. The van der Waals surface area contributed by atoms with Crippen LogP contribution in [0.2, 0.25) is 0 Å². The zero-order chi connectivity index (χ0) is 14.7. The summed E-state index contributed by atoms with van der Waals surface area (Å²) in [6.07, 6.45) is 2.57. The van der Waals surface area contributed by atoms with E-state index in [0.717, 1.165) is 37.7 Å². The molecule has 21 heavy (non-hydrogen) atoms. The standard InChI is InChI=1S/C17H25N3O/c1-13-4-7-20(8-5-13)9-6-19-17(21)14-2-3-15-11-18-12-16(15)10-14/h2-3,10,13,18H,4-9,11-12H2,1H3,(H,19,21). The third kappa shape index (κ3) is 3.63. The Hall–Kier alpha value is -1.39. The third-order valence-electron chi connectivity index (χ3n) is 4.69. The van der Waals surface area contributed by atoms with E-state index in [-0.39, 0.29) is 5.91 Å². The average molecular weight is 287 g/mol. The monoisotopic (exact) mass is 287 g/mol. The molecule has 0 atom stereocenters. The summed E-state index contributed by atoms with van der Waals surface area (Å²) >= 11 is 0. The number of carbonyl (C=O) groups excluding carboxylic acids is 1. The lowest BCUT2D eigenvalue weighted by Gasteiger charge is -2.30. The van der Waals surface area contributed by atoms with Crippen LogP contribution in [0, 0.1) is 5.92 Å². The highest BCUT2D eigenvalue weighted by atomic mass is 16.1. The van der Waals surface area contributed by atoms with Crippen molar-refractivity contribution in [1.82, 2.24) is 15.5 Å². The van der Waals surface area contributed by atoms with Crippen LogP contribution < -0.4 is 10.6 Å². The largest absolute Gasteiger partial charge is 0.351 e. The number of carbonyl (C=O) groups is 1. The van der Waals surface area contributed by atoms with Crippen molar-refractivity contribution in [2.24, 2.45) is 5.92 Å². The summed E-state index contributed by atoms with van der Waals surface area (Å²) in [6.45, 7) is 8.16. The zero-order valence-corrected chi connectivity index (χ0v) is 12.8. The number of likely N-dealkylation sites (tertiary alicyclic amines) is 1. The fraction of sp³-hybridized carbons (Fsp3) is 0.588. The molecule has 0 saturated carbocycles. The average Bonchev–Trinajstić information content (AvgIpc) is 2.96. The van der Waals surface area contributed by atoms with Gasteiger partial charge in [0, 0.05) is 31.7 Å². The molecule has 2 N–H and O–H groups in total. The second-order valence-electron chi connectivity index (χ2n) is 6.37. The van der Waals surface area contributed by atoms with Crippen LogP contribution in [0.3, 0.4) is 0 Å². The predicted octanol–water partition coefficient (Wildman–Crippen LogP) is 1.75. The first-order valence-corrected chi connectivity index (χ1v) is 8.05. The predicted molar refractivity (Wildman–Crippen MR) is 84.2 cm³/mol. The van der Waals surface area contributed by atoms with Gasteiger partial charge in [-0.05, 0) is 55.1 Å². The maximum absolute atomic E-state index is 12.2. The lowest BCUT2D eigenvalue weighted by atomic mass is 9.99. The molecule has 1 aromatic rings. The van der Waals surface area contributed by atoms with E-state index in [1.165, 1.54) is 37.1 Å². The van der Waals surface area contributed by atoms with E-state index < -0.39 is 0 Å². The molecule has 0 aromatic heterocycles. The summed E-state index contributed by atoms with van der Waals surface area (Å²) in [7, 11) is 0. The third-order valence-corrected chi connectivity index (χ3v) is 4.69. The summed E-state index contributed by atoms with van der Waals surface area (Å²) in [6, 6.07) is 6.02. The number of amides is 1. The van der Waals surface area contributed by atoms with E-state index in [1.807, 2.05) is 12.1 Å². The molecule has 0 bridgehead atoms. The number of piperidine rings is 1. The SMILES string of the molecule is CC1CCN(CCNC(=O)c2ccc3c(c2)CNC3)CC1. The smallest absolute Gasteiger partial charge is 0.251 e. The summed E-state index contributed by atoms with van der Waals surface area (Å²) < 4.78 is 0. The molecule has 4 heteroatoms. The van der Waals surface area contributed by atoms with Crippen LogP contribution in [0.1, 0.15) is 41.3 Å². The molecule has 0 unspecified atom stereocenters. The van der Waals surface area contributed by atoms with Crippen molar-refractivity contribution >= 4 is 5.91 Å². The molecule has 114 valence electrons. The van der Waals surface area contributed by atoms with Crippen molar-refractivity contribution in [2.75, 3.05) is 26.2 Å². The number of nitrogens with one attached hydrogen (secondary N) is 2. The molecule has 0 radical (unpaired) electrons. The van der Waals surface area contributed by atoms with E-state index in [9.17, 15) is 4.79 Å². The summed E-state index contributed by atoms with van der Waals surface area (Å²) in [5, 5.41) is 6.35. The van der Waals surface area contributed by atoms with Gasteiger partial charge in [0.25, 0.3) is 5.91 Å². The van der Waals surface area contributed by atoms with E-state index in [2.05, 4.69) is 28.5 Å². The highest BCUT2D eigenvalue weighted by Crippen LogP contribution is 2.17. The van der Waals surface area contributed by atoms with Gasteiger partial charge >= 0.3 is 0 Å². The number of fused-ring (bicyclic) bond motifs is 1. The van der Waals surface area contributed by atoms with Gasteiger partial charge in [0.15, 0.2) is 0 Å². The molecule has 2 aliphatic rings. The number of hydrogen-bond acceptors (Lipinski definition) is 3. The molecule has 1 amide bonds. The topological polar surface area (TPSA) is 44.4 Å². The fourth-order valence-electron chi connectivity index (χ4n) is 3.15. The van der Waals surface area contributed by atoms with E-state index in [0.29, 0.717) is 0 Å². The van der Waals surface area contributed by atoms with Crippen molar-refractivity contribution < 1.29 is 4.79 Å². The van der Waals surface area contributed by atoms with E-state index in [4.69, 9.17) is 0 Å². The van der Waals surface area contributed by atoms with Crippen molar-refractivity contribution in [1.29, 1.82) is 0 Å². The minimum absolute atomic E-state index is 0.0510. The van der Waals surface area contributed by atoms with Gasteiger partial charge in [-0.3, -0.25) is 4.79 Å². The van der Waals surface area contributed by atoms with Crippen LogP contribution >= 0.6 is 0 Å². The number of benzene rings is 1. The minimum Gasteiger partial charge on any atom is -0.351 e. The lowest BCUT2D eigenvalue weighted by molar-refractivity contribution is 0.0944. The second kappa shape index (κ2) is 6.58. The zero-order valence-electron chi connectivity index (χ0n) is 12.8. The Bertz CT molecular complexity index is 507. The minimum atomic E-state index is 0.0510. The first-order valence-electron chi connectivity index (χ1n) is 8.05. The number of nitrogens with zero attached hydrogens (tertiary/aromatic N) is 1. The molecule has 0 aliphatic carbocycles. The first kappa shape index (κ1) is 14.5. The van der Waals surface area contributed by atoms with Gasteiger partial charge in [-0.2, -0.15) is 0 Å². The molecule has 1 fully saturated rings. The molecule has 1 saturated heterocycles. The van der Waals surface area contributed by atoms with Crippen LogP contribution in [-0.2, 0) is 13.1 Å². The van der Waals surface area contributed by atoms with Crippen LogP contribution in [0.5, 0.6) is 0 Å². The van der Waals surface area contributed by atoms with Gasteiger partial charge < -0.3 is 15.5 Å². The molecule has 2 aliphatic heterocycles. The van der Waals surface area contributed by atoms with Crippen molar-refractivity contribution in [2.45, 2.75) is 32.9 Å². The van der Waals surface area contributed by atoms with Crippen molar-refractivity contribution in [3.05, 3.63) is 34.9 Å². The molecule has 3 rings (SSSR count). The second-order valence-corrected chi connectivity index (χ2v) is 6.37. The first-order chi connectivity index (χ1) is 10.2. The summed E-state index contributed by atoms with van der Waals surface area (Å²) in [5.41, 5.74) is 3.35. The fourth-order valence-corrected chi connectivity index (χ4v) is 3.15. The van der Waals surface area contributed by atoms with E-state index >= 15 is 0 Å². The molecule has 2 heterocycles. The highest BCUT2D eigenvalue weighted by molar-refractivity contribution is 5.94. The van der Waals surface area contributed by atoms with Gasteiger partial charge in [-0.1, -0.05) is 13.0 Å². The van der Waals surface area contributed by atoms with Crippen molar-refractivity contribution in [3.63, 3.8) is 0 Å². The Labute approximate surface area is 126 Å². The van der Waals surface area contributed by atoms with Gasteiger partial charge in [-0.25, -0.2) is 0 Å². The Morgan fingerprint density at radius 2 is 2.05 bits per heavy atom. The van der Waals surface area contributed by atoms with Crippen LogP contribution in [0.25, 0.3) is 0 Å². The molecular weight excluding hydrogens is 262 g/mol. The Kier molecular flexibility index (Phi) is 4.56. The number of rotatable bonds is 4. The molecule has 4 nitrogen and oxygen atoms in total. The maximum Gasteiger partial charge on any atom is 0.251 e. The highest BCUT2D eigenvalue weighted by Gasteiger charge is 2.16. The van der Waals surface area contributed by atoms with Crippen LogP contribution in [-0.4, -0.2) is 37.0 Å². The van der Waals surface area contributed by atoms with Gasteiger partial charge in [0.05, 0.1) is 0 Å². The maximum atomic E-state index is 12.2. The number of hydrogen-bond donors (Lipinski definition) is 2. The lowest BCUT2D eigenvalue weighted by Crippen LogP contribution is -2.39. The molecule has 1 aromatic carbocycles. The van der Waals surface area contributed by atoms with Crippen LogP contribution in [0.4, 0.5) is 0 Å². The van der Waals surface area contributed by atoms with Gasteiger partial charge in [0.1, 0.15) is 0 Å². The van der Waals surface area contributed by atoms with Gasteiger partial charge in [-0.15, -0.1) is 0 Å². The Balaban J connectivity index is 1.46. The van der Waals surface area contributed by atoms with Gasteiger partial charge in [0.2, 0.25) is 0 Å². The summed E-state index contributed by atoms with van der Waals surface area (Å²) in [5.74, 6) is 0.908.